The van der Waals surface area contributed by atoms with E-state index in [1.165, 1.54) is 37.8 Å². The van der Waals surface area contributed by atoms with Gasteiger partial charge in [0, 0.05) is 74.2 Å². The van der Waals surface area contributed by atoms with E-state index in [0.717, 1.165) is 93.3 Å². The van der Waals surface area contributed by atoms with Gasteiger partial charge in [-0.25, -0.2) is 4.79 Å². The smallest absolute Gasteiger partial charge is 0.336 e. The highest BCUT2D eigenvalue weighted by Gasteiger charge is 2.59. The van der Waals surface area contributed by atoms with E-state index in [2.05, 4.69) is 48.1 Å². The van der Waals surface area contributed by atoms with Gasteiger partial charge in [0.25, 0.3) is 0 Å². The van der Waals surface area contributed by atoms with Crippen LogP contribution in [0.4, 0.5) is 5.69 Å². The number of hydrogen-bond donors (Lipinski definition) is 1. The molecule has 1 aromatic heterocycles. The van der Waals surface area contributed by atoms with E-state index in [0.29, 0.717) is 41.8 Å². The van der Waals surface area contributed by atoms with Crippen LogP contribution in [0.1, 0.15) is 77.2 Å². The van der Waals surface area contributed by atoms with Crippen molar-refractivity contribution in [1.82, 2.24) is 10.2 Å². The van der Waals surface area contributed by atoms with Crippen molar-refractivity contribution in [3.8, 4) is 0 Å². The average Bonchev–Trinajstić information content (AvgIpc) is 3.37. The summed E-state index contributed by atoms with van der Waals surface area (Å²) < 4.78 is 5.61. The van der Waals surface area contributed by atoms with Gasteiger partial charge >= 0.3 is 5.63 Å². The highest BCUT2D eigenvalue weighted by Crippen LogP contribution is 2.65. The molecular weight excluding hydrogens is 564 g/mol. The van der Waals surface area contributed by atoms with Crippen LogP contribution in [0.3, 0.4) is 0 Å². The number of carbonyl (C=O) groups is 1. The lowest BCUT2D eigenvalue weighted by atomic mass is 9.45. The zero-order valence-corrected chi connectivity index (χ0v) is 27.6. The molecule has 7 rings (SSSR count). The van der Waals surface area contributed by atoms with Crippen molar-refractivity contribution in [3.63, 3.8) is 0 Å². The molecule has 5 aliphatic rings. The summed E-state index contributed by atoms with van der Waals surface area (Å²) in [7, 11) is 2.15. The predicted octanol–water partition coefficient (Wildman–Crippen LogP) is 5.66. The second-order valence-corrected chi connectivity index (χ2v) is 15.3. The standard InChI is InChI=1S/C37H52N4O4/c1-36-13-10-28(42)23-26(36)4-6-30-31-8-9-34(37(31,2)14-11-32(30)36)39-44-21-16-38-15-12-25-22-35(43)45-33-24-27(5-7-29(25)33)41-19-17-40(3)18-20-41/h5,7,22,24,26,30-32,38H,4,6,8-21,23H2,1-3H3/b39-34-/t26-,30-,31-,32-,36-,37-/m0/s1. The van der Waals surface area contributed by atoms with Crippen molar-refractivity contribution in [2.24, 2.45) is 39.7 Å². The molecule has 0 radical (unpaired) electrons. The zero-order chi connectivity index (χ0) is 31.2. The quantitative estimate of drug-likeness (QED) is 0.233. The first-order valence-electron chi connectivity index (χ1n) is 17.7. The minimum atomic E-state index is -0.291. The number of Topliss-reactive ketones (excluding diaryl/α,β-unsaturated/α-hetero) is 1. The van der Waals surface area contributed by atoms with Gasteiger partial charge in [0.2, 0.25) is 0 Å². The van der Waals surface area contributed by atoms with E-state index >= 15 is 0 Å². The number of fused-ring (bicyclic) bond motifs is 6. The zero-order valence-electron chi connectivity index (χ0n) is 27.6. The molecule has 0 bridgehead atoms. The van der Waals surface area contributed by atoms with Gasteiger partial charge in [-0.3, -0.25) is 4.79 Å². The summed E-state index contributed by atoms with van der Waals surface area (Å²) in [6, 6.07) is 7.91. The number of carbonyl (C=O) groups excluding carboxylic acids is 1. The van der Waals surface area contributed by atoms with Crippen LogP contribution in [-0.4, -0.2) is 69.3 Å². The number of likely N-dealkylation sites (N-methyl/N-ethyl adjacent to an activating group) is 1. The number of rotatable bonds is 8. The van der Waals surface area contributed by atoms with Crippen LogP contribution in [0.25, 0.3) is 11.0 Å². The van der Waals surface area contributed by atoms with E-state index in [1.54, 1.807) is 6.07 Å². The third-order valence-corrected chi connectivity index (χ3v) is 13.0. The number of nitrogens with zero attached hydrogens (tertiary/aromatic N) is 3. The average molecular weight is 617 g/mol. The number of hydrogen-bond acceptors (Lipinski definition) is 8. The molecule has 4 saturated carbocycles. The molecule has 6 atom stereocenters. The fourth-order valence-corrected chi connectivity index (χ4v) is 10.3. The Kier molecular flexibility index (Phi) is 8.57. The second-order valence-electron chi connectivity index (χ2n) is 15.3. The Balaban J connectivity index is 0.900. The van der Waals surface area contributed by atoms with Gasteiger partial charge in [0.1, 0.15) is 18.0 Å². The van der Waals surface area contributed by atoms with Crippen LogP contribution in [0, 0.1) is 34.5 Å². The summed E-state index contributed by atoms with van der Waals surface area (Å²) in [5.41, 5.74) is 4.29. The van der Waals surface area contributed by atoms with Gasteiger partial charge in [-0.1, -0.05) is 19.0 Å². The summed E-state index contributed by atoms with van der Waals surface area (Å²) in [4.78, 5) is 35.2. The van der Waals surface area contributed by atoms with E-state index < -0.39 is 0 Å². The normalized spacial score (nSPS) is 34.5. The minimum absolute atomic E-state index is 0.155. The molecule has 1 aliphatic heterocycles. The molecule has 244 valence electrons. The molecule has 2 aromatic rings. The third-order valence-electron chi connectivity index (χ3n) is 13.0. The first-order valence-corrected chi connectivity index (χ1v) is 17.7. The predicted molar refractivity (Wildman–Crippen MR) is 179 cm³/mol. The van der Waals surface area contributed by atoms with Gasteiger partial charge in [-0.2, -0.15) is 0 Å². The SMILES string of the molecule is CN1CCN(c2ccc3c(CCNCCO/N=C4/CC[C@H]5[C@@H]6CC[C@H]7CC(=O)CC[C@]7(C)[C@H]6CC[C@]45C)cc(=O)oc3c2)CC1. The molecule has 4 aliphatic carbocycles. The molecule has 1 N–H and O–H groups in total. The van der Waals surface area contributed by atoms with Crippen LogP contribution >= 0.6 is 0 Å². The van der Waals surface area contributed by atoms with E-state index in [-0.39, 0.29) is 11.0 Å². The van der Waals surface area contributed by atoms with Crippen molar-refractivity contribution in [1.29, 1.82) is 0 Å². The van der Waals surface area contributed by atoms with E-state index in [1.807, 2.05) is 6.07 Å². The lowest BCUT2D eigenvalue weighted by molar-refractivity contribution is -0.136. The molecule has 8 nitrogen and oxygen atoms in total. The van der Waals surface area contributed by atoms with Crippen LogP contribution in [0.5, 0.6) is 0 Å². The Morgan fingerprint density at radius 2 is 1.82 bits per heavy atom. The second kappa shape index (κ2) is 12.5. The molecule has 1 aromatic carbocycles. The van der Waals surface area contributed by atoms with Crippen molar-refractivity contribution in [3.05, 3.63) is 40.2 Å². The first kappa shape index (κ1) is 30.9. The molecule has 8 heteroatoms. The first-order chi connectivity index (χ1) is 21.7. The van der Waals surface area contributed by atoms with Gasteiger partial charge in [-0.05, 0) is 112 Å². The van der Waals surface area contributed by atoms with E-state index in [9.17, 15) is 9.59 Å². The highest BCUT2D eigenvalue weighted by molar-refractivity contribution is 5.92. The van der Waals surface area contributed by atoms with Crippen molar-refractivity contribution >= 4 is 28.2 Å². The summed E-state index contributed by atoms with van der Waals surface area (Å²) in [5, 5.41) is 9.25. The Bertz CT molecular complexity index is 1500. The van der Waals surface area contributed by atoms with Gasteiger partial charge in [0.15, 0.2) is 0 Å². The lowest BCUT2D eigenvalue weighted by Crippen LogP contribution is -2.53. The number of oxime groups is 1. The van der Waals surface area contributed by atoms with Crippen molar-refractivity contribution in [2.45, 2.75) is 78.1 Å². The van der Waals surface area contributed by atoms with Gasteiger partial charge < -0.3 is 24.4 Å². The highest BCUT2D eigenvalue weighted by atomic mass is 16.6. The van der Waals surface area contributed by atoms with Crippen molar-refractivity contribution < 1.29 is 14.0 Å². The van der Waals surface area contributed by atoms with Crippen LogP contribution in [0.15, 0.2) is 38.6 Å². The molecule has 45 heavy (non-hydrogen) atoms. The summed E-state index contributed by atoms with van der Waals surface area (Å²) in [5.74, 6) is 3.33. The monoisotopic (exact) mass is 616 g/mol. The molecular formula is C37H52N4O4. The molecule has 2 heterocycles. The van der Waals surface area contributed by atoms with Crippen LogP contribution in [-0.2, 0) is 16.1 Å². The summed E-state index contributed by atoms with van der Waals surface area (Å²) in [6.07, 6.45) is 10.7. The van der Waals surface area contributed by atoms with E-state index in [4.69, 9.17) is 14.4 Å². The van der Waals surface area contributed by atoms with Crippen LogP contribution in [0.2, 0.25) is 0 Å². The Morgan fingerprint density at radius 1 is 0.978 bits per heavy atom. The Morgan fingerprint density at radius 3 is 2.67 bits per heavy atom. The summed E-state index contributed by atoms with van der Waals surface area (Å²) in [6.45, 7) is 11.0. The Hall–Kier alpha value is -2.71. The molecule has 0 unspecified atom stereocenters. The number of benzene rings is 1. The van der Waals surface area contributed by atoms with Gasteiger partial charge in [-0.15, -0.1) is 0 Å². The maximum Gasteiger partial charge on any atom is 0.336 e. The largest absolute Gasteiger partial charge is 0.423 e. The Labute approximate surface area is 267 Å². The number of anilines is 1. The fraction of sp³-hybridized carbons (Fsp3) is 0.703. The lowest BCUT2D eigenvalue weighted by Gasteiger charge is -2.59. The maximum atomic E-state index is 12.4. The van der Waals surface area contributed by atoms with Crippen LogP contribution < -0.4 is 15.8 Å². The molecule has 0 spiro atoms. The number of piperazine rings is 1. The third kappa shape index (κ3) is 5.86. The number of ketones is 1. The molecule has 5 fully saturated rings. The maximum absolute atomic E-state index is 12.4. The number of nitrogens with one attached hydrogen (secondary N) is 1. The van der Waals surface area contributed by atoms with Crippen molar-refractivity contribution in [2.75, 3.05) is 57.8 Å². The molecule has 0 amide bonds. The summed E-state index contributed by atoms with van der Waals surface area (Å²) >= 11 is 0. The van der Waals surface area contributed by atoms with Gasteiger partial charge in [0.05, 0.1) is 5.71 Å². The minimum Gasteiger partial charge on any atom is -0.423 e. The topological polar surface area (TPSA) is 87.4 Å². The fourth-order valence-electron chi connectivity index (χ4n) is 10.3. The molecule has 1 saturated heterocycles.